The number of fused-ring (bicyclic) bond motifs is 5. The summed E-state index contributed by atoms with van der Waals surface area (Å²) in [5, 5.41) is 7.37. The van der Waals surface area contributed by atoms with E-state index in [4.69, 9.17) is 15.0 Å². The lowest BCUT2D eigenvalue weighted by molar-refractivity contribution is 1.08. The lowest BCUT2D eigenvalue weighted by atomic mass is 10.00. The Labute approximate surface area is 264 Å². The van der Waals surface area contributed by atoms with Crippen LogP contribution in [0.5, 0.6) is 0 Å². The molecule has 0 spiro atoms. The van der Waals surface area contributed by atoms with Crippen molar-refractivity contribution < 1.29 is 0 Å². The minimum Gasteiger partial charge on any atom is -0.208 e. The zero-order valence-electron chi connectivity index (χ0n) is 24.2. The van der Waals surface area contributed by atoms with Crippen molar-refractivity contribution in [1.82, 2.24) is 15.0 Å². The first-order valence-corrected chi connectivity index (χ1v) is 15.8. The summed E-state index contributed by atoms with van der Waals surface area (Å²) in [6, 6.07) is 53.4. The van der Waals surface area contributed by atoms with Crippen molar-refractivity contribution in [2.45, 2.75) is 0 Å². The van der Waals surface area contributed by atoms with Crippen molar-refractivity contribution in [2.24, 2.45) is 0 Å². The molecule has 2 heterocycles. The molecule has 0 atom stereocenters. The van der Waals surface area contributed by atoms with E-state index in [9.17, 15) is 0 Å². The average molecular weight is 592 g/mol. The molecule has 0 N–H and O–H groups in total. The van der Waals surface area contributed by atoms with Gasteiger partial charge in [-0.25, -0.2) is 15.0 Å². The van der Waals surface area contributed by atoms with Crippen molar-refractivity contribution in [3.05, 3.63) is 152 Å². The van der Waals surface area contributed by atoms with Crippen LogP contribution in [0.1, 0.15) is 0 Å². The number of rotatable bonds is 4. The van der Waals surface area contributed by atoms with Crippen molar-refractivity contribution in [3.63, 3.8) is 0 Å². The monoisotopic (exact) mass is 591 g/mol. The molecule has 0 radical (unpaired) electrons. The van der Waals surface area contributed by atoms with Crippen molar-refractivity contribution in [1.29, 1.82) is 0 Å². The van der Waals surface area contributed by atoms with E-state index in [1.165, 1.54) is 47.3 Å². The molecule has 0 bridgehead atoms. The van der Waals surface area contributed by atoms with Gasteiger partial charge in [0.2, 0.25) is 0 Å². The Hall–Kier alpha value is -5.71. The molecular formula is C41H25N3S. The van der Waals surface area contributed by atoms with Gasteiger partial charge in [-0.3, -0.25) is 0 Å². The van der Waals surface area contributed by atoms with E-state index in [2.05, 4.69) is 133 Å². The van der Waals surface area contributed by atoms with Gasteiger partial charge in [-0.15, -0.1) is 11.3 Å². The Morgan fingerprint density at radius 3 is 1.69 bits per heavy atom. The molecule has 45 heavy (non-hydrogen) atoms. The molecule has 0 saturated carbocycles. The SMILES string of the molecule is c1ccc(-c2nc(-c3ccc(-c4ccc5ccccc5c4)cc3)nc(-c3cccc4sc5cc6ccccc6cc5c34)n2)cc1. The summed E-state index contributed by atoms with van der Waals surface area (Å²) in [7, 11) is 0. The summed E-state index contributed by atoms with van der Waals surface area (Å²) < 4.78 is 2.48. The molecule has 4 heteroatoms. The van der Waals surface area contributed by atoms with Crippen LogP contribution in [0.15, 0.2) is 152 Å². The molecule has 9 rings (SSSR count). The molecule has 0 amide bonds. The van der Waals surface area contributed by atoms with Crippen LogP contribution in [-0.2, 0) is 0 Å². The molecule has 2 aromatic heterocycles. The zero-order valence-corrected chi connectivity index (χ0v) is 25.0. The largest absolute Gasteiger partial charge is 0.208 e. The molecule has 0 aliphatic rings. The highest BCUT2D eigenvalue weighted by molar-refractivity contribution is 7.26. The third-order valence-corrected chi connectivity index (χ3v) is 9.62. The smallest absolute Gasteiger partial charge is 0.164 e. The van der Waals surface area contributed by atoms with Gasteiger partial charge in [-0.1, -0.05) is 127 Å². The fraction of sp³-hybridized carbons (Fsp3) is 0. The molecule has 3 nitrogen and oxygen atoms in total. The van der Waals surface area contributed by atoms with E-state index < -0.39 is 0 Å². The molecule has 0 unspecified atom stereocenters. The number of nitrogens with zero attached hydrogens (tertiary/aromatic N) is 3. The maximum atomic E-state index is 5.12. The van der Waals surface area contributed by atoms with Crippen LogP contribution < -0.4 is 0 Å². The molecular weight excluding hydrogens is 567 g/mol. The summed E-state index contributed by atoms with van der Waals surface area (Å²) in [6.07, 6.45) is 0. The number of benzene rings is 7. The fourth-order valence-corrected chi connectivity index (χ4v) is 7.38. The minimum absolute atomic E-state index is 0.658. The van der Waals surface area contributed by atoms with Gasteiger partial charge < -0.3 is 0 Å². The van der Waals surface area contributed by atoms with E-state index in [-0.39, 0.29) is 0 Å². The van der Waals surface area contributed by atoms with Crippen LogP contribution in [0, 0.1) is 0 Å². The zero-order chi connectivity index (χ0) is 29.7. The predicted molar refractivity (Wildman–Crippen MR) is 189 cm³/mol. The highest BCUT2D eigenvalue weighted by Gasteiger charge is 2.17. The number of hydrogen-bond acceptors (Lipinski definition) is 4. The standard InChI is InChI=1S/C41H25N3S/c1-2-10-28(11-3-1)39-42-40(29-20-17-27(18-21-29)33-22-19-26-9-4-5-12-30(26)23-33)44-41(43-39)34-15-8-16-36-38(34)35-24-31-13-6-7-14-32(31)25-37(35)45-36/h1-25H. The average Bonchev–Trinajstić information content (AvgIpc) is 3.48. The lowest BCUT2D eigenvalue weighted by Gasteiger charge is -2.10. The van der Waals surface area contributed by atoms with E-state index in [1.54, 1.807) is 0 Å². The van der Waals surface area contributed by atoms with Crippen molar-refractivity contribution in [2.75, 3.05) is 0 Å². The van der Waals surface area contributed by atoms with Crippen LogP contribution in [0.3, 0.4) is 0 Å². The minimum atomic E-state index is 0.658. The topological polar surface area (TPSA) is 38.7 Å². The van der Waals surface area contributed by atoms with Crippen LogP contribution >= 0.6 is 11.3 Å². The third-order valence-electron chi connectivity index (χ3n) is 8.50. The van der Waals surface area contributed by atoms with Gasteiger partial charge in [0, 0.05) is 36.9 Å². The summed E-state index contributed by atoms with van der Waals surface area (Å²) in [5.74, 6) is 2.00. The van der Waals surface area contributed by atoms with Crippen molar-refractivity contribution >= 4 is 53.1 Å². The van der Waals surface area contributed by atoms with Gasteiger partial charge in [-0.2, -0.15) is 0 Å². The third kappa shape index (κ3) is 4.55. The molecule has 210 valence electrons. The van der Waals surface area contributed by atoms with Gasteiger partial charge in [0.05, 0.1) is 0 Å². The highest BCUT2D eigenvalue weighted by Crippen LogP contribution is 2.41. The highest BCUT2D eigenvalue weighted by atomic mass is 32.1. The molecule has 9 aromatic rings. The van der Waals surface area contributed by atoms with Gasteiger partial charge in [0.25, 0.3) is 0 Å². The quantitative estimate of drug-likeness (QED) is 0.204. The Morgan fingerprint density at radius 2 is 0.933 bits per heavy atom. The number of hydrogen-bond donors (Lipinski definition) is 0. The second kappa shape index (κ2) is 10.5. The second-order valence-electron chi connectivity index (χ2n) is 11.3. The van der Waals surface area contributed by atoms with Crippen molar-refractivity contribution in [3.8, 4) is 45.3 Å². The van der Waals surface area contributed by atoms with Gasteiger partial charge >= 0.3 is 0 Å². The first-order valence-electron chi connectivity index (χ1n) is 15.0. The van der Waals surface area contributed by atoms with Crippen LogP contribution in [-0.4, -0.2) is 15.0 Å². The van der Waals surface area contributed by atoms with E-state index in [1.807, 2.05) is 29.5 Å². The molecule has 0 aliphatic carbocycles. The summed E-state index contributed by atoms with van der Waals surface area (Å²) in [4.78, 5) is 15.2. The summed E-state index contributed by atoms with van der Waals surface area (Å²) in [6.45, 7) is 0. The maximum absolute atomic E-state index is 5.12. The van der Waals surface area contributed by atoms with Gasteiger partial charge in [-0.05, 0) is 56.9 Å². The fourth-order valence-electron chi connectivity index (χ4n) is 6.22. The number of thiophene rings is 1. The first-order chi connectivity index (χ1) is 22.3. The summed E-state index contributed by atoms with van der Waals surface area (Å²) >= 11 is 1.82. The van der Waals surface area contributed by atoms with Gasteiger partial charge in [0.15, 0.2) is 17.5 Å². The first kappa shape index (κ1) is 25.8. The normalized spacial score (nSPS) is 11.6. The summed E-state index contributed by atoms with van der Waals surface area (Å²) in [5.41, 5.74) is 5.27. The predicted octanol–water partition coefficient (Wildman–Crippen LogP) is 11.2. The Kier molecular flexibility index (Phi) is 6.00. The molecule has 0 aliphatic heterocycles. The Balaban J connectivity index is 1.21. The maximum Gasteiger partial charge on any atom is 0.164 e. The van der Waals surface area contributed by atoms with E-state index >= 15 is 0 Å². The van der Waals surface area contributed by atoms with E-state index in [0.29, 0.717) is 17.5 Å². The Bertz CT molecular complexity index is 2530. The number of aromatic nitrogens is 3. The molecule has 0 saturated heterocycles. The van der Waals surface area contributed by atoms with Crippen LogP contribution in [0.2, 0.25) is 0 Å². The second-order valence-corrected chi connectivity index (χ2v) is 12.4. The van der Waals surface area contributed by atoms with Crippen LogP contribution in [0.4, 0.5) is 0 Å². The van der Waals surface area contributed by atoms with Crippen LogP contribution in [0.25, 0.3) is 87.0 Å². The lowest BCUT2D eigenvalue weighted by Crippen LogP contribution is -2.00. The van der Waals surface area contributed by atoms with Gasteiger partial charge in [0.1, 0.15) is 0 Å². The Morgan fingerprint density at radius 1 is 0.356 bits per heavy atom. The molecule has 0 fully saturated rings. The van der Waals surface area contributed by atoms with E-state index in [0.717, 1.165) is 22.3 Å². The molecule has 7 aromatic carbocycles.